The summed E-state index contributed by atoms with van der Waals surface area (Å²) < 4.78 is 0. The first kappa shape index (κ1) is 11.5. The van der Waals surface area contributed by atoms with Crippen LogP contribution in [0.25, 0.3) is 0 Å². The van der Waals surface area contributed by atoms with Gasteiger partial charge in [0.1, 0.15) is 0 Å². The predicted molar refractivity (Wildman–Crippen MR) is 65.2 cm³/mol. The van der Waals surface area contributed by atoms with E-state index in [9.17, 15) is 4.79 Å². The number of hydrogen-bond acceptors (Lipinski definition) is 1. The van der Waals surface area contributed by atoms with Gasteiger partial charge in [-0.25, -0.2) is 4.79 Å². The summed E-state index contributed by atoms with van der Waals surface area (Å²) in [5, 5.41) is 2.98. The van der Waals surface area contributed by atoms with E-state index in [1.807, 2.05) is 11.9 Å². The molecule has 0 aromatic heterocycles. The third-order valence-corrected chi connectivity index (χ3v) is 3.87. The third-order valence-electron chi connectivity index (χ3n) is 3.87. The fraction of sp³-hybridized carbons (Fsp3) is 0.769. The number of amides is 2. The Labute approximate surface area is 97.9 Å². The maximum atomic E-state index is 11.9. The molecule has 1 N–H and O–H groups in total. The smallest absolute Gasteiger partial charge is 0.317 e. The van der Waals surface area contributed by atoms with Gasteiger partial charge in [0.2, 0.25) is 0 Å². The Hall–Kier alpha value is -0.990. The van der Waals surface area contributed by atoms with Gasteiger partial charge < -0.3 is 10.2 Å². The van der Waals surface area contributed by atoms with Crippen LogP contribution in [0, 0.1) is 11.8 Å². The van der Waals surface area contributed by atoms with Crippen molar-refractivity contribution in [2.75, 3.05) is 13.6 Å². The van der Waals surface area contributed by atoms with Crippen LogP contribution in [0.5, 0.6) is 0 Å². The van der Waals surface area contributed by atoms with Crippen molar-refractivity contribution in [1.82, 2.24) is 10.2 Å². The van der Waals surface area contributed by atoms with Crippen molar-refractivity contribution >= 4 is 6.03 Å². The number of nitrogens with one attached hydrogen (secondary N) is 1. The topological polar surface area (TPSA) is 32.3 Å². The minimum atomic E-state index is 0.0967. The fourth-order valence-electron chi connectivity index (χ4n) is 2.84. The zero-order valence-corrected chi connectivity index (χ0v) is 10.3. The minimum Gasteiger partial charge on any atom is -0.338 e. The number of urea groups is 1. The molecule has 0 heterocycles. The van der Waals surface area contributed by atoms with Crippen LogP contribution in [0.1, 0.15) is 32.6 Å². The number of nitrogens with zero attached hydrogens (tertiary/aromatic N) is 1. The molecule has 16 heavy (non-hydrogen) atoms. The molecule has 2 aliphatic carbocycles. The lowest BCUT2D eigenvalue weighted by Gasteiger charge is -2.29. The van der Waals surface area contributed by atoms with E-state index in [1.54, 1.807) is 0 Å². The highest BCUT2D eigenvalue weighted by Gasteiger charge is 2.39. The number of rotatable bonds is 4. The molecular formula is C13H22N2O. The van der Waals surface area contributed by atoms with E-state index in [0.717, 1.165) is 31.7 Å². The average molecular weight is 222 g/mol. The lowest BCUT2D eigenvalue weighted by atomic mass is 10.0. The molecule has 3 nitrogen and oxygen atoms in total. The molecule has 0 aliphatic heterocycles. The maximum Gasteiger partial charge on any atom is 0.317 e. The summed E-state index contributed by atoms with van der Waals surface area (Å²) in [6, 6.07) is 0.524. The second kappa shape index (κ2) is 4.89. The summed E-state index contributed by atoms with van der Waals surface area (Å²) in [7, 11) is 1.93. The summed E-state index contributed by atoms with van der Waals surface area (Å²) in [6.45, 7) is 2.94. The molecule has 0 unspecified atom stereocenters. The van der Waals surface area contributed by atoms with E-state index in [4.69, 9.17) is 0 Å². The van der Waals surface area contributed by atoms with Crippen LogP contribution in [0.2, 0.25) is 0 Å². The molecule has 2 bridgehead atoms. The predicted octanol–water partition coefficient (Wildman–Crippen LogP) is 2.39. The third kappa shape index (κ3) is 2.23. The molecule has 0 aromatic rings. The Morgan fingerprint density at radius 3 is 2.81 bits per heavy atom. The molecule has 2 aliphatic rings. The van der Waals surface area contributed by atoms with Crippen LogP contribution < -0.4 is 5.32 Å². The Balaban J connectivity index is 1.81. The highest BCUT2D eigenvalue weighted by molar-refractivity contribution is 5.74. The first-order chi connectivity index (χ1) is 7.72. The van der Waals surface area contributed by atoms with Crippen LogP contribution in [-0.2, 0) is 0 Å². The first-order valence-corrected chi connectivity index (χ1v) is 6.41. The highest BCUT2D eigenvalue weighted by Crippen LogP contribution is 2.41. The number of carbonyl (C=O) groups is 1. The molecule has 0 aromatic carbocycles. The molecule has 2 rings (SSSR count). The normalized spacial score (nSPS) is 30.8. The second-order valence-electron chi connectivity index (χ2n) is 5.04. The SMILES string of the molecule is CCCCNC(=O)N(C)[C@@H]1C[C@@H]2C=C[C@H]1C2. The summed E-state index contributed by atoms with van der Waals surface area (Å²) in [5.74, 6) is 1.33. The van der Waals surface area contributed by atoms with Gasteiger partial charge in [0.15, 0.2) is 0 Å². The number of allylic oxidation sites excluding steroid dienone is 1. The Kier molecular flexibility index (Phi) is 3.52. The monoisotopic (exact) mass is 222 g/mol. The summed E-state index contributed by atoms with van der Waals surface area (Å²) in [4.78, 5) is 13.8. The molecular weight excluding hydrogens is 200 g/mol. The zero-order valence-electron chi connectivity index (χ0n) is 10.3. The average Bonchev–Trinajstić information content (AvgIpc) is 2.90. The molecule has 0 radical (unpaired) electrons. The van der Waals surface area contributed by atoms with Gasteiger partial charge in [-0.2, -0.15) is 0 Å². The summed E-state index contributed by atoms with van der Waals surface area (Å²) in [5.41, 5.74) is 0. The number of carbonyl (C=O) groups excluding carboxylic acids is 1. The molecule has 3 heteroatoms. The molecule has 1 fully saturated rings. The molecule has 1 saturated carbocycles. The van der Waals surface area contributed by atoms with Crippen molar-refractivity contribution in [2.45, 2.75) is 38.6 Å². The largest absolute Gasteiger partial charge is 0.338 e. The molecule has 3 atom stereocenters. The van der Waals surface area contributed by atoms with Crippen molar-refractivity contribution in [1.29, 1.82) is 0 Å². The van der Waals surface area contributed by atoms with Gasteiger partial charge in [0, 0.05) is 19.6 Å². The first-order valence-electron chi connectivity index (χ1n) is 6.41. The molecule has 0 saturated heterocycles. The van der Waals surface area contributed by atoms with E-state index in [-0.39, 0.29) is 6.03 Å². The van der Waals surface area contributed by atoms with Crippen molar-refractivity contribution in [3.8, 4) is 0 Å². The fourth-order valence-corrected chi connectivity index (χ4v) is 2.84. The van der Waals surface area contributed by atoms with Crippen molar-refractivity contribution in [3.63, 3.8) is 0 Å². The van der Waals surface area contributed by atoms with E-state index >= 15 is 0 Å². The Bertz CT molecular complexity index is 288. The Morgan fingerprint density at radius 1 is 1.44 bits per heavy atom. The van der Waals surface area contributed by atoms with Gasteiger partial charge in [0.05, 0.1) is 0 Å². The van der Waals surface area contributed by atoms with E-state index in [1.165, 1.54) is 6.42 Å². The van der Waals surface area contributed by atoms with Gasteiger partial charge in [-0.05, 0) is 31.1 Å². The summed E-state index contributed by atoms with van der Waals surface area (Å²) >= 11 is 0. The van der Waals surface area contributed by atoms with Crippen LogP contribution in [0.3, 0.4) is 0 Å². The van der Waals surface area contributed by atoms with Crippen LogP contribution in [0.4, 0.5) is 4.79 Å². The zero-order chi connectivity index (χ0) is 11.5. The maximum absolute atomic E-state index is 11.9. The minimum absolute atomic E-state index is 0.0967. The second-order valence-corrected chi connectivity index (χ2v) is 5.04. The van der Waals surface area contributed by atoms with Crippen molar-refractivity contribution < 1.29 is 4.79 Å². The molecule has 2 amide bonds. The van der Waals surface area contributed by atoms with Gasteiger partial charge >= 0.3 is 6.03 Å². The van der Waals surface area contributed by atoms with Crippen LogP contribution >= 0.6 is 0 Å². The molecule has 0 spiro atoms. The van der Waals surface area contributed by atoms with Crippen LogP contribution in [0.15, 0.2) is 12.2 Å². The van der Waals surface area contributed by atoms with Gasteiger partial charge in [-0.1, -0.05) is 25.5 Å². The quantitative estimate of drug-likeness (QED) is 0.575. The molecule has 90 valence electrons. The number of fused-ring (bicyclic) bond motifs is 2. The van der Waals surface area contributed by atoms with Crippen molar-refractivity contribution in [3.05, 3.63) is 12.2 Å². The number of unbranched alkanes of at least 4 members (excludes halogenated alkanes) is 1. The van der Waals surface area contributed by atoms with Gasteiger partial charge in [-0.3, -0.25) is 0 Å². The standard InChI is InChI=1S/C13H22N2O/c1-3-4-7-14-13(16)15(2)12-9-10-5-6-11(12)8-10/h5-6,10-12H,3-4,7-9H2,1-2H3,(H,14,16)/t10-,11+,12-/m1/s1. The van der Waals surface area contributed by atoms with E-state index in [0.29, 0.717) is 12.0 Å². The Morgan fingerprint density at radius 2 is 2.25 bits per heavy atom. The van der Waals surface area contributed by atoms with Crippen molar-refractivity contribution in [2.24, 2.45) is 11.8 Å². The van der Waals surface area contributed by atoms with Gasteiger partial charge in [0.25, 0.3) is 0 Å². The van der Waals surface area contributed by atoms with E-state index < -0.39 is 0 Å². The lowest BCUT2D eigenvalue weighted by molar-refractivity contribution is 0.181. The van der Waals surface area contributed by atoms with Gasteiger partial charge in [-0.15, -0.1) is 0 Å². The summed E-state index contributed by atoms with van der Waals surface area (Å²) in [6.07, 6.45) is 9.19. The lowest BCUT2D eigenvalue weighted by Crippen LogP contribution is -2.45. The number of hydrogen-bond donors (Lipinski definition) is 1. The highest BCUT2D eigenvalue weighted by atomic mass is 16.2. The van der Waals surface area contributed by atoms with E-state index in [2.05, 4.69) is 24.4 Å². The van der Waals surface area contributed by atoms with Crippen LogP contribution in [-0.4, -0.2) is 30.6 Å².